The minimum Gasteiger partial charge on any atom is -0.321 e. The zero-order chi connectivity index (χ0) is 15.8. The lowest BCUT2D eigenvalue weighted by atomic mass is 10.2. The molecule has 0 spiro atoms. The van der Waals surface area contributed by atoms with E-state index in [-0.39, 0.29) is 10.8 Å². The summed E-state index contributed by atoms with van der Waals surface area (Å²) < 4.78 is 24.5. The van der Waals surface area contributed by atoms with E-state index in [0.717, 1.165) is 5.69 Å². The predicted molar refractivity (Wildman–Crippen MR) is 83.1 cm³/mol. The molecule has 1 aromatic carbocycles. The van der Waals surface area contributed by atoms with Crippen LogP contribution in [-0.2, 0) is 16.1 Å². The number of nitrogens with one attached hydrogen (secondary N) is 1. The maximum atomic E-state index is 12.2. The molecular formula is C12H11BrClN3O3S. The molecular weight excluding hydrogens is 382 g/mol. The average molecular weight is 393 g/mol. The van der Waals surface area contributed by atoms with E-state index in [9.17, 15) is 13.2 Å². The molecule has 1 N–H and O–H groups in total. The van der Waals surface area contributed by atoms with Crippen molar-refractivity contribution in [3.8, 4) is 0 Å². The molecule has 1 heterocycles. The molecule has 21 heavy (non-hydrogen) atoms. The van der Waals surface area contributed by atoms with Crippen molar-refractivity contribution in [2.45, 2.75) is 11.8 Å². The Hall–Kier alpha value is -1.38. The zero-order valence-electron chi connectivity index (χ0n) is 11.1. The smallest absolute Gasteiger partial charge is 0.261 e. The Balaban J connectivity index is 2.28. The van der Waals surface area contributed by atoms with Gasteiger partial charge in [0.1, 0.15) is 0 Å². The molecule has 2 rings (SSSR count). The van der Waals surface area contributed by atoms with Crippen LogP contribution in [-0.4, -0.2) is 24.1 Å². The highest BCUT2D eigenvalue weighted by atomic mass is 79.9. The molecule has 6 nitrogen and oxygen atoms in total. The lowest BCUT2D eigenvalue weighted by Crippen LogP contribution is -2.13. The first kappa shape index (κ1) is 16.0. The number of carbonyl (C=O) groups is 1. The van der Waals surface area contributed by atoms with Gasteiger partial charge in [-0.1, -0.05) is 0 Å². The fourth-order valence-corrected chi connectivity index (χ4v) is 3.07. The lowest BCUT2D eigenvalue weighted by molar-refractivity contribution is 0.102. The van der Waals surface area contributed by atoms with Crippen molar-refractivity contribution in [1.82, 2.24) is 9.78 Å². The molecule has 0 radical (unpaired) electrons. The highest BCUT2D eigenvalue weighted by Gasteiger charge is 2.16. The second-order valence-corrected chi connectivity index (χ2v) is 7.72. The SMILES string of the molecule is Cc1c(C(=O)Nc2ccc(S(=O)(=O)Cl)cc2Br)cnn1C. The van der Waals surface area contributed by atoms with Gasteiger partial charge < -0.3 is 5.32 Å². The second-order valence-electron chi connectivity index (χ2n) is 4.30. The maximum absolute atomic E-state index is 12.2. The van der Waals surface area contributed by atoms with Crippen LogP contribution in [0.4, 0.5) is 5.69 Å². The van der Waals surface area contributed by atoms with Crippen molar-refractivity contribution >= 4 is 47.3 Å². The molecule has 0 saturated heterocycles. The number of amides is 1. The first-order valence-electron chi connectivity index (χ1n) is 5.74. The second kappa shape index (κ2) is 5.78. The van der Waals surface area contributed by atoms with Crippen LogP contribution in [0.2, 0.25) is 0 Å². The summed E-state index contributed by atoms with van der Waals surface area (Å²) in [7, 11) is 3.19. The number of benzene rings is 1. The first-order valence-corrected chi connectivity index (χ1v) is 8.84. The molecule has 0 unspecified atom stereocenters. The standard InChI is InChI=1S/C12H11BrClN3O3S/c1-7-9(6-15-17(7)2)12(18)16-11-4-3-8(5-10(11)13)21(14,19)20/h3-6H,1-2H3,(H,16,18). The van der Waals surface area contributed by atoms with E-state index in [4.69, 9.17) is 10.7 Å². The molecule has 0 atom stereocenters. The van der Waals surface area contributed by atoms with Crippen molar-refractivity contribution in [2.24, 2.45) is 7.05 Å². The van der Waals surface area contributed by atoms with E-state index in [0.29, 0.717) is 15.7 Å². The van der Waals surface area contributed by atoms with Crippen LogP contribution in [0.1, 0.15) is 16.1 Å². The molecule has 0 fully saturated rings. The van der Waals surface area contributed by atoms with Crippen LogP contribution < -0.4 is 5.32 Å². The van der Waals surface area contributed by atoms with Crippen molar-refractivity contribution < 1.29 is 13.2 Å². The summed E-state index contributed by atoms with van der Waals surface area (Å²) in [4.78, 5) is 12.1. The van der Waals surface area contributed by atoms with Crippen molar-refractivity contribution in [3.63, 3.8) is 0 Å². The average Bonchev–Trinajstić information content (AvgIpc) is 2.71. The third-order valence-electron chi connectivity index (χ3n) is 2.95. The number of aromatic nitrogens is 2. The summed E-state index contributed by atoms with van der Waals surface area (Å²) in [5.41, 5.74) is 1.61. The van der Waals surface area contributed by atoms with E-state index in [1.54, 1.807) is 18.7 Å². The van der Waals surface area contributed by atoms with E-state index >= 15 is 0 Å². The van der Waals surface area contributed by atoms with Gasteiger partial charge in [0.25, 0.3) is 15.0 Å². The van der Waals surface area contributed by atoms with Gasteiger partial charge >= 0.3 is 0 Å². The van der Waals surface area contributed by atoms with E-state index < -0.39 is 9.05 Å². The summed E-state index contributed by atoms with van der Waals surface area (Å²) in [5, 5.41) is 6.68. The Morgan fingerprint density at radius 1 is 1.43 bits per heavy atom. The largest absolute Gasteiger partial charge is 0.321 e. The molecule has 0 saturated carbocycles. The minimum absolute atomic E-state index is 0.0494. The fourth-order valence-electron chi connectivity index (χ4n) is 1.66. The van der Waals surface area contributed by atoms with Crippen LogP contribution in [0.25, 0.3) is 0 Å². The van der Waals surface area contributed by atoms with E-state index in [2.05, 4.69) is 26.3 Å². The molecule has 0 bridgehead atoms. The number of aryl methyl sites for hydroxylation is 1. The maximum Gasteiger partial charge on any atom is 0.261 e. The number of hydrogen-bond acceptors (Lipinski definition) is 4. The monoisotopic (exact) mass is 391 g/mol. The molecule has 2 aromatic rings. The fraction of sp³-hybridized carbons (Fsp3) is 0.167. The number of anilines is 1. The topological polar surface area (TPSA) is 81.1 Å². The Morgan fingerprint density at radius 3 is 2.57 bits per heavy atom. The third-order valence-corrected chi connectivity index (χ3v) is 4.96. The molecule has 0 aliphatic rings. The van der Waals surface area contributed by atoms with Gasteiger partial charge in [0, 0.05) is 27.9 Å². The number of halogens is 2. The predicted octanol–water partition coefficient (Wildman–Crippen LogP) is 2.67. The van der Waals surface area contributed by atoms with Crippen molar-refractivity contribution in [2.75, 3.05) is 5.32 Å². The molecule has 112 valence electrons. The zero-order valence-corrected chi connectivity index (χ0v) is 14.3. The summed E-state index contributed by atoms with van der Waals surface area (Å²) in [5.74, 6) is -0.331. The Labute approximate surface area is 134 Å². The number of hydrogen-bond donors (Lipinski definition) is 1. The summed E-state index contributed by atoms with van der Waals surface area (Å²) in [6.45, 7) is 1.78. The summed E-state index contributed by atoms with van der Waals surface area (Å²) >= 11 is 3.21. The Kier molecular flexibility index (Phi) is 4.40. The van der Waals surface area contributed by atoms with Crippen molar-refractivity contribution in [3.05, 3.63) is 40.1 Å². The van der Waals surface area contributed by atoms with Gasteiger partial charge in [-0.05, 0) is 41.1 Å². The van der Waals surface area contributed by atoms with Gasteiger partial charge in [-0.3, -0.25) is 9.48 Å². The molecule has 0 aliphatic heterocycles. The number of carbonyl (C=O) groups excluding carboxylic acids is 1. The minimum atomic E-state index is -3.81. The first-order chi connectivity index (χ1) is 9.70. The highest BCUT2D eigenvalue weighted by Crippen LogP contribution is 2.27. The normalized spacial score (nSPS) is 11.4. The van der Waals surface area contributed by atoms with Crippen LogP contribution in [0.3, 0.4) is 0 Å². The third kappa shape index (κ3) is 3.45. The van der Waals surface area contributed by atoms with Crippen LogP contribution in [0.15, 0.2) is 33.8 Å². The van der Waals surface area contributed by atoms with E-state index in [1.165, 1.54) is 24.4 Å². The summed E-state index contributed by atoms with van der Waals surface area (Å²) in [6, 6.07) is 4.11. The van der Waals surface area contributed by atoms with Crippen LogP contribution in [0.5, 0.6) is 0 Å². The molecule has 1 amide bonds. The Morgan fingerprint density at radius 2 is 2.10 bits per heavy atom. The molecule has 1 aromatic heterocycles. The van der Waals surface area contributed by atoms with E-state index in [1.807, 2.05) is 0 Å². The summed E-state index contributed by atoms with van der Waals surface area (Å²) in [6.07, 6.45) is 1.47. The quantitative estimate of drug-likeness (QED) is 0.814. The van der Waals surface area contributed by atoms with Gasteiger partial charge in [0.2, 0.25) is 0 Å². The van der Waals surface area contributed by atoms with Crippen molar-refractivity contribution in [1.29, 1.82) is 0 Å². The highest BCUT2D eigenvalue weighted by molar-refractivity contribution is 9.10. The lowest BCUT2D eigenvalue weighted by Gasteiger charge is -2.08. The van der Waals surface area contributed by atoms with Crippen LogP contribution in [0, 0.1) is 6.92 Å². The van der Waals surface area contributed by atoms with Crippen LogP contribution >= 0.6 is 26.6 Å². The number of rotatable bonds is 3. The molecule has 0 aliphatic carbocycles. The van der Waals surface area contributed by atoms with Gasteiger partial charge in [-0.2, -0.15) is 5.10 Å². The van der Waals surface area contributed by atoms with Gasteiger partial charge in [-0.25, -0.2) is 8.42 Å². The van der Waals surface area contributed by atoms with Gasteiger partial charge in [0.15, 0.2) is 0 Å². The van der Waals surface area contributed by atoms with Gasteiger partial charge in [0.05, 0.1) is 22.3 Å². The number of nitrogens with zero attached hydrogens (tertiary/aromatic N) is 2. The molecule has 9 heteroatoms. The Bertz CT molecular complexity index is 817. The van der Waals surface area contributed by atoms with Gasteiger partial charge in [-0.15, -0.1) is 0 Å².